The zero-order chi connectivity index (χ0) is 24.2. The fourth-order valence-corrected chi connectivity index (χ4v) is 4.71. The summed E-state index contributed by atoms with van der Waals surface area (Å²) in [5.74, 6) is 1.06. The Bertz CT molecular complexity index is 1230. The monoisotopic (exact) mass is 464 g/mol. The zero-order valence-corrected chi connectivity index (χ0v) is 20.3. The van der Waals surface area contributed by atoms with Crippen LogP contribution in [0.4, 0.5) is 0 Å². The summed E-state index contributed by atoms with van der Waals surface area (Å²) < 4.78 is 17.3. The maximum atomic E-state index is 13.7. The molecule has 0 spiro atoms. The van der Waals surface area contributed by atoms with Crippen molar-refractivity contribution in [2.24, 2.45) is 0 Å². The van der Waals surface area contributed by atoms with Gasteiger partial charge in [0.15, 0.2) is 5.43 Å². The van der Waals surface area contributed by atoms with Gasteiger partial charge in [-0.2, -0.15) is 0 Å². The Kier molecular flexibility index (Phi) is 7.22. The van der Waals surface area contributed by atoms with Crippen LogP contribution in [0.1, 0.15) is 54.9 Å². The minimum absolute atomic E-state index is 0.102. The molecule has 4 rings (SSSR count). The van der Waals surface area contributed by atoms with Crippen LogP contribution in [0.25, 0.3) is 11.0 Å². The molecule has 2 heterocycles. The van der Waals surface area contributed by atoms with Crippen LogP contribution in [-0.4, -0.2) is 55.6 Å². The van der Waals surface area contributed by atoms with E-state index in [-0.39, 0.29) is 17.1 Å². The lowest BCUT2D eigenvalue weighted by Crippen LogP contribution is -2.33. The van der Waals surface area contributed by atoms with E-state index in [0.717, 1.165) is 31.6 Å². The van der Waals surface area contributed by atoms with Crippen LogP contribution in [0, 0.1) is 0 Å². The number of carbonyl (C=O) groups excluding carboxylic acids is 1. The van der Waals surface area contributed by atoms with Gasteiger partial charge < -0.3 is 23.7 Å². The summed E-state index contributed by atoms with van der Waals surface area (Å²) in [5, 5.41) is 0.430. The molecule has 1 aliphatic heterocycles. The van der Waals surface area contributed by atoms with Gasteiger partial charge in [-0.25, -0.2) is 0 Å². The van der Waals surface area contributed by atoms with Crippen molar-refractivity contribution in [2.45, 2.75) is 33.2 Å². The van der Waals surface area contributed by atoms with E-state index >= 15 is 0 Å². The number of rotatable bonds is 10. The highest BCUT2D eigenvalue weighted by Crippen LogP contribution is 2.41. The third-order valence-electron chi connectivity index (χ3n) is 6.45. The van der Waals surface area contributed by atoms with Crippen molar-refractivity contribution >= 4 is 16.9 Å². The number of fused-ring (bicyclic) bond motifs is 2. The van der Waals surface area contributed by atoms with Crippen molar-refractivity contribution in [3.63, 3.8) is 0 Å². The second-order valence-electron chi connectivity index (χ2n) is 8.29. The molecule has 0 N–H and O–H groups in total. The molecule has 0 aliphatic carbocycles. The van der Waals surface area contributed by atoms with E-state index in [2.05, 4.69) is 18.7 Å². The molecule has 3 aromatic rings. The van der Waals surface area contributed by atoms with Crippen LogP contribution >= 0.6 is 0 Å². The van der Waals surface area contributed by atoms with Gasteiger partial charge in [0.25, 0.3) is 5.91 Å². The second kappa shape index (κ2) is 10.3. The van der Waals surface area contributed by atoms with Crippen LogP contribution in [0.5, 0.6) is 11.5 Å². The normalized spacial score (nSPS) is 15.3. The van der Waals surface area contributed by atoms with Crippen LogP contribution in [0.3, 0.4) is 0 Å². The summed E-state index contributed by atoms with van der Waals surface area (Å²) in [4.78, 5) is 31.4. The predicted octanol–water partition coefficient (Wildman–Crippen LogP) is 4.48. The van der Waals surface area contributed by atoms with Crippen LogP contribution in [-0.2, 0) is 0 Å². The highest BCUT2D eigenvalue weighted by Gasteiger charge is 2.43. The Morgan fingerprint density at radius 1 is 1.06 bits per heavy atom. The molecule has 0 saturated carbocycles. The largest absolute Gasteiger partial charge is 0.496 e. The summed E-state index contributed by atoms with van der Waals surface area (Å²) in [5.41, 5.74) is 1.30. The molecule has 1 aliphatic rings. The van der Waals surface area contributed by atoms with Gasteiger partial charge in [0, 0.05) is 18.2 Å². The quantitative estimate of drug-likeness (QED) is 0.441. The first-order chi connectivity index (χ1) is 16.5. The van der Waals surface area contributed by atoms with E-state index in [1.54, 1.807) is 30.2 Å². The standard InChI is InChI=1S/C27H32N2O5/c1-5-28(6-2)15-10-16-29-24(19-11-8-9-12-21(19)32-4)23-25(30)20-14-13-18(33-7-3)17-22(20)34-26(23)27(29)31/h8-9,11-14,17,24H,5-7,10,15-16H2,1-4H3. The molecule has 34 heavy (non-hydrogen) atoms. The Morgan fingerprint density at radius 2 is 1.82 bits per heavy atom. The van der Waals surface area contributed by atoms with Crippen molar-refractivity contribution in [3.05, 3.63) is 69.6 Å². The van der Waals surface area contributed by atoms with E-state index in [4.69, 9.17) is 13.9 Å². The average molecular weight is 465 g/mol. The summed E-state index contributed by atoms with van der Waals surface area (Å²) >= 11 is 0. The molecule has 0 fully saturated rings. The first-order valence-corrected chi connectivity index (χ1v) is 11.9. The molecular formula is C27H32N2O5. The Balaban J connectivity index is 1.83. The van der Waals surface area contributed by atoms with Crippen molar-refractivity contribution in [2.75, 3.05) is 39.9 Å². The molecule has 0 bridgehead atoms. The first kappa shape index (κ1) is 23.8. The van der Waals surface area contributed by atoms with Gasteiger partial charge in [-0.3, -0.25) is 9.59 Å². The SMILES string of the molecule is CCOc1ccc2c(=O)c3c(oc2c1)C(=O)N(CCCN(CC)CC)C3c1ccccc1OC. The number of para-hydroxylation sites is 1. The smallest absolute Gasteiger partial charge is 0.290 e. The maximum Gasteiger partial charge on any atom is 0.290 e. The van der Waals surface area contributed by atoms with Crippen LogP contribution in [0.15, 0.2) is 51.7 Å². The minimum Gasteiger partial charge on any atom is -0.496 e. The second-order valence-corrected chi connectivity index (χ2v) is 8.29. The number of ether oxygens (including phenoxy) is 2. The van der Waals surface area contributed by atoms with Gasteiger partial charge in [-0.15, -0.1) is 0 Å². The highest BCUT2D eigenvalue weighted by molar-refractivity contribution is 5.99. The molecule has 7 nitrogen and oxygen atoms in total. The molecule has 0 saturated heterocycles. The number of carbonyl (C=O) groups is 1. The van der Waals surface area contributed by atoms with E-state index in [0.29, 0.717) is 41.2 Å². The van der Waals surface area contributed by atoms with Gasteiger partial charge in [-0.1, -0.05) is 32.0 Å². The molecule has 1 aromatic heterocycles. The summed E-state index contributed by atoms with van der Waals surface area (Å²) in [6.07, 6.45) is 0.787. The van der Waals surface area contributed by atoms with Crippen LogP contribution < -0.4 is 14.9 Å². The number of hydrogen-bond donors (Lipinski definition) is 0. The van der Waals surface area contributed by atoms with E-state index in [1.165, 1.54) is 0 Å². The molecule has 7 heteroatoms. The van der Waals surface area contributed by atoms with Gasteiger partial charge >= 0.3 is 0 Å². The summed E-state index contributed by atoms with van der Waals surface area (Å²) in [7, 11) is 1.60. The average Bonchev–Trinajstić information content (AvgIpc) is 3.13. The maximum absolute atomic E-state index is 13.7. The Morgan fingerprint density at radius 3 is 2.53 bits per heavy atom. The Hall–Kier alpha value is -3.32. The number of nitrogens with zero attached hydrogens (tertiary/aromatic N) is 2. The summed E-state index contributed by atoms with van der Waals surface area (Å²) in [6, 6.07) is 12.1. The fraction of sp³-hybridized carbons (Fsp3) is 0.407. The highest BCUT2D eigenvalue weighted by atomic mass is 16.5. The van der Waals surface area contributed by atoms with E-state index < -0.39 is 6.04 Å². The summed E-state index contributed by atoms with van der Waals surface area (Å²) in [6.45, 7) is 9.92. The van der Waals surface area contributed by atoms with Crippen molar-refractivity contribution in [1.82, 2.24) is 9.80 Å². The lowest BCUT2D eigenvalue weighted by atomic mass is 9.97. The minimum atomic E-state index is -0.567. The van der Waals surface area contributed by atoms with Gasteiger partial charge in [0.05, 0.1) is 30.7 Å². The van der Waals surface area contributed by atoms with Crippen LogP contribution in [0.2, 0.25) is 0 Å². The van der Waals surface area contributed by atoms with Gasteiger partial charge in [0.2, 0.25) is 5.76 Å². The molecule has 1 amide bonds. The molecular weight excluding hydrogens is 432 g/mol. The number of benzene rings is 2. The third-order valence-corrected chi connectivity index (χ3v) is 6.45. The molecule has 0 radical (unpaired) electrons. The van der Waals surface area contributed by atoms with Crippen molar-refractivity contribution in [3.8, 4) is 11.5 Å². The molecule has 1 unspecified atom stereocenters. The topological polar surface area (TPSA) is 72.2 Å². The molecule has 2 aromatic carbocycles. The Labute approximate surface area is 199 Å². The zero-order valence-electron chi connectivity index (χ0n) is 20.3. The van der Waals surface area contributed by atoms with Gasteiger partial charge in [-0.05, 0) is 51.2 Å². The lowest BCUT2D eigenvalue weighted by molar-refractivity contribution is 0.0719. The molecule has 1 atom stereocenters. The first-order valence-electron chi connectivity index (χ1n) is 11.9. The van der Waals surface area contributed by atoms with E-state index in [1.807, 2.05) is 31.2 Å². The number of methoxy groups -OCH3 is 1. The number of hydrogen-bond acceptors (Lipinski definition) is 6. The van der Waals surface area contributed by atoms with E-state index in [9.17, 15) is 9.59 Å². The lowest BCUT2D eigenvalue weighted by Gasteiger charge is -2.27. The van der Waals surface area contributed by atoms with Crippen molar-refractivity contribution in [1.29, 1.82) is 0 Å². The third kappa shape index (κ3) is 4.28. The fourth-order valence-electron chi connectivity index (χ4n) is 4.71. The predicted molar refractivity (Wildman–Crippen MR) is 132 cm³/mol. The number of amides is 1. The molecule has 180 valence electrons. The van der Waals surface area contributed by atoms with Crippen molar-refractivity contribution < 1.29 is 18.7 Å². The van der Waals surface area contributed by atoms with Gasteiger partial charge in [0.1, 0.15) is 17.1 Å².